The van der Waals surface area contributed by atoms with Gasteiger partial charge in [0.25, 0.3) is 0 Å². The van der Waals surface area contributed by atoms with Gasteiger partial charge in [-0.2, -0.15) is 0 Å². The summed E-state index contributed by atoms with van der Waals surface area (Å²) >= 11 is 0. The molecule has 0 fully saturated rings. The zero-order valence-electron chi connectivity index (χ0n) is 15.7. The first kappa shape index (κ1) is 22.0. The molecule has 0 heterocycles. The molecule has 0 aromatic rings. The van der Waals surface area contributed by atoms with Gasteiger partial charge in [-0.3, -0.25) is 0 Å². The Morgan fingerprint density at radius 1 is 0.455 bits per heavy atom. The van der Waals surface area contributed by atoms with E-state index < -0.39 is 0 Å². The Morgan fingerprint density at radius 3 is 1.18 bits per heavy atom. The van der Waals surface area contributed by atoms with E-state index in [1.54, 1.807) is 0 Å². The van der Waals surface area contributed by atoms with Crippen LogP contribution in [0.4, 0.5) is 0 Å². The molecule has 0 N–H and O–H groups in total. The van der Waals surface area contributed by atoms with Crippen molar-refractivity contribution in [2.24, 2.45) is 5.92 Å². The first-order chi connectivity index (χ1) is 10.8. The van der Waals surface area contributed by atoms with Crippen molar-refractivity contribution < 1.29 is 0 Å². The van der Waals surface area contributed by atoms with E-state index in [0.29, 0.717) is 0 Å². The number of hydrogen-bond acceptors (Lipinski definition) is 0. The number of rotatable bonds is 18. The third-order valence-corrected chi connectivity index (χ3v) is 4.89. The van der Waals surface area contributed by atoms with Crippen molar-refractivity contribution in [3.05, 3.63) is 13.8 Å². The Balaban J connectivity index is 3.00. The average Bonchev–Trinajstić information content (AvgIpc) is 2.51. The molecule has 0 heteroatoms. The maximum absolute atomic E-state index is 3.94. The van der Waals surface area contributed by atoms with Crippen molar-refractivity contribution in [3.63, 3.8) is 0 Å². The third-order valence-electron chi connectivity index (χ3n) is 4.89. The lowest BCUT2D eigenvalue weighted by Crippen LogP contribution is -1.93. The lowest BCUT2D eigenvalue weighted by atomic mass is 9.98. The third kappa shape index (κ3) is 18.1. The Labute approximate surface area is 142 Å². The highest BCUT2D eigenvalue weighted by atomic mass is 14.1. The maximum atomic E-state index is 3.94. The predicted molar refractivity (Wildman–Crippen MR) is 103 cm³/mol. The summed E-state index contributed by atoms with van der Waals surface area (Å²) in [5.41, 5.74) is 0. The molecule has 0 amide bonds. The lowest BCUT2D eigenvalue weighted by molar-refractivity contribution is 0.456. The number of hydrogen-bond donors (Lipinski definition) is 0. The molecule has 1 unspecified atom stereocenters. The van der Waals surface area contributed by atoms with Crippen molar-refractivity contribution in [3.8, 4) is 0 Å². The van der Waals surface area contributed by atoms with Gasteiger partial charge in [-0.25, -0.2) is 0 Å². The molecule has 0 aliphatic heterocycles. The zero-order valence-corrected chi connectivity index (χ0v) is 15.7. The molecule has 2 radical (unpaired) electrons. The van der Waals surface area contributed by atoms with Crippen molar-refractivity contribution in [1.82, 2.24) is 0 Å². The first-order valence-electron chi connectivity index (χ1n) is 10.4. The second kappa shape index (κ2) is 19.0. The molecule has 0 aliphatic carbocycles. The Hall–Kier alpha value is 0. The molecule has 1 atom stereocenters. The second-order valence-electron chi connectivity index (χ2n) is 7.34. The molecule has 132 valence electrons. The van der Waals surface area contributed by atoms with E-state index in [9.17, 15) is 0 Å². The number of unbranched alkanes of at least 4 members (excludes halogenated alkanes) is 14. The van der Waals surface area contributed by atoms with Gasteiger partial charge in [-0.1, -0.05) is 136 Å². The van der Waals surface area contributed by atoms with E-state index in [0.717, 1.165) is 18.8 Å². The summed E-state index contributed by atoms with van der Waals surface area (Å²) in [6.45, 7) is 10.2. The molecular formula is C22H44. The SMILES string of the molecule is [CH2]CCCCCCCCCCCCCCCCC(C)CC[CH2]. The Bertz CT molecular complexity index is 184. The van der Waals surface area contributed by atoms with E-state index in [2.05, 4.69) is 20.8 Å². The van der Waals surface area contributed by atoms with Gasteiger partial charge in [-0.05, 0) is 5.92 Å². The van der Waals surface area contributed by atoms with Crippen LogP contribution >= 0.6 is 0 Å². The second-order valence-corrected chi connectivity index (χ2v) is 7.34. The fourth-order valence-electron chi connectivity index (χ4n) is 3.28. The van der Waals surface area contributed by atoms with Crippen LogP contribution in [-0.2, 0) is 0 Å². The van der Waals surface area contributed by atoms with E-state index in [-0.39, 0.29) is 0 Å². The molecule has 0 aromatic carbocycles. The highest BCUT2D eigenvalue weighted by Crippen LogP contribution is 2.16. The largest absolute Gasteiger partial charge is 0.0625 e. The van der Waals surface area contributed by atoms with E-state index in [1.807, 2.05) is 0 Å². The van der Waals surface area contributed by atoms with Crippen LogP contribution in [-0.4, -0.2) is 0 Å². The molecule has 0 aromatic heterocycles. The molecule has 0 aliphatic rings. The zero-order chi connectivity index (χ0) is 16.3. The van der Waals surface area contributed by atoms with Crippen molar-refractivity contribution in [1.29, 1.82) is 0 Å². The normalized spacial score (nSPS) is 12.7. The highest BCUT2D eigenvalue weighted by molar-refractivity contribution is 4.55. The minimum absolute atomic E-state index is 0.899. The molecule has 0 saturated carbocycles. The highest BCUT2D eigenvalue weighted by Gasteiger charge is 2.00. The Morgan fingerprint density at radius 2 is 0.818 bits per heavy atom. The molecule has 0 saturated heterocycles. The van der Waals surface area contributed by atoms with Crippen LogP contribution in [0.5, 0.6) is 0 Å². The van der Waals surface area contributed by atoms with Crippen LogP contribution in [0.1, 0.15) is 122 Å². The van der Waals surface area contributed by atoms with Gasteiger partial charge in [0.15, 0.2) is 0 Å². The first-order valence-corrected chi connectivity index (χ1v) is 10.4. The minimum atomic E-state index is 0.899. The van der Waals surface area contributed by atoms with Gasteiger partial charge in [-0.15, -0.1) is 0 Å². The van der Waals surface area contributed by atoms with Crippen LogP contribution in [0.25, 0.3) is 0 Å². The average molecular weight is 309 g/mol. The summed E-state index contributed by atoms with van der Waals surface area (Å²) in [7, 11) is 0. The summed E-state index contributed by atoms with van der Waals surface area (Å²) < 4.78 is 0. The monoisotopic (exact) mass is 308 g/mol. The van der Waals surface area contributed by atoms with Gasteiger partial charge in [0.1, 0.15) is 0 Å². The summed E-state index contributed by atoms with van der Waals surface area (Å²) in [6.07, 6.45) is 25.2. The standard InChI is InChI=1S/C22H44/c1-4-6-7-8-9-10-11-12-13-14-15-16-17-18-19-21-22(3)20-5-2/h22H,1-2,4-21H2,3H3. The van der Waals surface area contributed by atoms with Crippen LogP contribution in [0, 0.1) is 19.8 Å². The van der Waals surface area contributed by atoms with Gasteiger partial charge >= 0.3 is 0 Å². The molecule has 0 bridgehead atoms. The van der Waals surface area contributed by atoms with E-state index in [4.69, 9.17) is 0 Å². The van der Waals surface area contributed by atoms with Crippen LogP contribution < -0.4 is 0 Å². The van der Waals surface area contributed by atoms with Gasteiger partial charge in [0.05, 0.1) is 0 Å². The summed E-state index contributed by atoms with van der Waals surface area (Å²) in [5.74, 6) is 0.899. The summed E-state index contributed by atoms with van der Waals surface area (Å²) in [4.78, 5) is 0. The van der Waals surface area contributed by atoms with Crippen molar-refractivity contribution in [2.75, 3.05) is 0 Å². The van der Waals surface area contributed by atoms with Crippen LogP contribution in [0.15, 0.2) is 0 Å². The topological polar surface area (TPSA) is 0 Å². The Kier molecular flexibility index (Phi) is 19.0. The summed E-state index contributed by atoms with van der Waals surface area (Å²) in [5, 5.41) is 0. The van der Waals surface area contributed by atoms with E-state index >= 15 is 0 Å². The van der Waals surface area contributed by atoms with Crippen LogP contribution in [0.3, 0.4) is 0 Å². The fraction of sp³-hybridized carbons (Fsp3) is 0.909. The van der Waals surface area contributed by atoms with Crippen molar-refractivity contribution in [2.45, 2.75) is 122 Å². The quantitative estimate of drug-likeness (QED) is 0.223. The van der Waals surface area contributed by atoms with Gasteiger partial charge in [0, 0.05) is 0 Å². The van der Waals surface area contributed by atoms with Crippen LogP contribution in [0.2, 0.25) is 0 Å². The molecule has 0 nitrogen and oxygen atoms in total. The fourth-order valence-corrected chi connectivity index (χ4v) is 3.28. The lowest BCUT2D eigenvalue weighted by Gasteiger charge is -2.09. The maximum Gasteiger partial charge on any atom is -0.0443 e. The van der Waals surface area contributed by atoms with Gasteiger partial charge in [0.2, 0.25) is 0 Å². The smallest absolute Gasteiger partial charge is 0.0443 e. The molecule has 0 rings (SSSR count). The predicted octanol–water partition coefficient (Wildman–Crippen LogP) is 8.31. The molecule has 0 spiro atoms. The summed E-state index contributed by atoms with van der Waals surface area (Å²) in [6, 6.07) is 0. The van der Waals surface area contributed by atoms with Crippen molar-refractivity contribution >= 4 is 0 Å². The van der Waals surface area contributed by atoms with Gasteiger partial charge < -0.3 is 0 Å². The minimum Gasteiger partial charge on any atom is -0.0625 e. The van der Waals surface area contributed by atoms with E-state index in [1.165, 1.54) is 103 Å². The molecular weight excluding hydrogens is 264 g/mol. The molecule has 22 heavy (non-hydrogen) atoms.